The van der Waals surface area contributed by atoms with Gasteiger partial charge in [-0.25, -0.2) is 9.48 Å². The van der Waals surface area contributed by atoms with E-state index in [2.05, 4.69) is 5.10 Å². The number of carbonyl (C=O) groups is 1. The molecule has 0 bridgehead atoms. The Morgan fingerprint density at radius 2 is 1.90 bits per heavy atom. The first-order chi connectivity index (χ1) is 9.30. The fourth-order valence-corrected chi connectivity index (χ4v) is 1.96. The van der Waals surface area contributed by atoms with E-state index in [0.717, 1.165) is 4.68 Å². The van der Waals surface area contributed by atoms with Crippen molar-refractivity contribution in [3.8, 4) is 0 Å². The number of alkyl halides is 3. The van der Waals surface area contributed by atoms with Crippen LogP contribution in [0.3, 0.4) is 0 Å². The van der Waals surface area contributed by atoms with E-state index in [9.17, 15) is 18.0 Å². The van der Waals surface area contributed by atoms with Crippen molar-refractivity contribution in [2.75, 3.05) is 0 Å². The third-order valence-electron chi connectivity index (χ3n) is 2.55. The molecule has 106 valence electrons. The van der Waals surface area contributed by atoms with Crippen LogP contribution < -0.4 is 0 Å². The minimum Gasteiger partial charge on any atom is -0.478 e. The van der Waals surface area contributed by atoms with E-state index in [-0.39, 0.29) is 6.54 Å². The van der Waals surface area contributed by atoms with Crippen molar-refractivity contribution in [2.24, 2.45) is 0 Å². The van der Waals surface area contributed by atoms with Crippen molar-refractivity contribution < 1.29 is 23.1 Å². The minimum atomic E-state index is -4.88. The highest BCUT2D eigenvalue weighted by Crippen LogP contribution is 2.34. The number of halogens is 4. The minimum absolute atomic E-state index is 0.0456. The summed E-state index contributed by atoms with van der Waals surface area (Å²) >= 11 is 5.70. The zero-order valence-electron chi connectivity index (χ0n) is 9.86. The fourth-order valence-electron chi connectivity index (χ4n) is 1.69. The highest BCUT2D eigenvalue weighted by Gasteiger charge is 2.41. The van der Waals surface area contributed by atoms with E-state index in [1.165, 1.54) is 0 Å². The molecule has 1 aromatic heterocycles. The molecule has 0 aliphatic heterocycles. The Balaban J connectivity index is 2.48. The Labute approximate surface area is 116 Å². The van der Waals surface area contributed by atoms with Gasteiger partial charge in [-0.3, -0.25) is 0 Å². The van der Waals surface area contributed by atoms with Gasteiger partial charge in [0.15, 0.2) is 5.69 Å². The van der Waals surface area contributed by atoms with E-state index in [0.29, 0.717) is 5.56 Å². The van der Waals surface area contributed by atoms with Gasteiger partial charge in [-0.2, -0.15) is 18.3 Å². The van der Waals surface area contributed by atoms with Gasteiger partial charge in [0.2, 0.25) is 0 Å². The van der Waals surface area contributed by atoms with E-state index < -0.39 is 28.6 Å². The van der Waals surface area contributed by atoms with Gasteiger partial charge in [0.1, 0.15) is 10.7 Å². The van der Waals surface area contributed by atoms with Crippen LogP contribution in [-0.4, -0.2) is 20.9 Å². The summed E-state index contributed by atoms with van der Waals surface area (Å²) in [6, 6.07) is 8.50. The maximum absolute atomic E-state index is 12.7. The predicted octanol–water partition coefficient (Wildman–Crippen LogP) is 3.30. The van der Waals surface area contributed by atoms with Crippen LogP contribution in [-0.2, 0) is 12.7 Å². The van der Waals surface area contributed by atoms with E-state index >= 15 is 0 Å². The number of aromatic nitrogens is 2. The zero-order valence-corrected chi connectivity index (χ0v) is 10.6. The predicted molar refractivity (Wildman–Crippen MR) is 64.7 cm³/mol. The van der Waals surface area contributed by atoms with Gasteiger partial charge < -0.3 is 5.11 Å². The van der Waals surface area contributed by atoms with Crippen LogP contribution in [0.15, 0.2) is 30.3 Å². The Bertz CT molecular complexity index is 638. The maximum Gasteiger partial charge on any atom is 0.436 e. The van der Waals surface area contributed by atoms with E-state index in [1.54, 1.807) is 30.3 Å². The molecule has 0 aliphatic rings. The van der Waals surface area contributed by atoms with Gasteiger partial charge in [0.25, 0.3) is 0 Å². The second-order valence-electron chi connectivity index (χ2n) is 3.96. The molecular formula is C12H8ClF3N2O2. The van der Waals surface area contributed by atoms with Gasteiger partial charge in [0.05, 0.1) is 6.54 Å². The Kier molecular flexibility index (Phi) is 3.71. The summed E-state index contributed by atoms with van der Waals surface area (Å²) < 4.78 is 39.1. The summed E-state index contributed by atoms with van der Waals surface area (Å²) in [4.78, 5) is 10.9. The topological polar surface area (TPSA) is 55.1 Å². The lowest BCUT2D eigenvalue weighted by Gasteiger charge is -2.03. The van der Waals surface area contributed by atoms with Crippen molar-refractivity contribution in [1.29, 1.82) is 0 Å². The molecule has 0 saturated heterocycles. The summed E-state index contributed by atoms with van der Waals surface area (Å²) in [5.74, 6) is -1.76. The second-order valence-corrected chi connectivity index (χ2v) is 4.32. The van der Waals surface area contributed by atoms with Crippen LogP contribution in [0.4, 0.5) is 13.2 Å². The molecule has 0 fully saturated rings. The molecule has 2 rings (SSSR count). The van der Waals surface area contributed by atoms with Crippen molar-refractivity contribution in [3.63, 3.8) is 0 Å². The number of hydrogen-bond donors (Lipinski definition) is 1. The van der Waals surface area contributed by atoms with E-state index in [4.69, 9.17) is 16.7 Å². The van der Waals surface area contributed by atoms with E-state index in [1.807, 2.05) is 0 Å². The van der Waals surface area contributed by atoms with Crippen LogP contribution >= 0.6 is 11.6 Å². The monoisotopic (exact) mass is 304 g/mol. The van der Waals surface area contributed by atoms with Crippen LogP contribution in [0.1, 0.15) is 21.6 Å². The van der Waals surface area contributed by atoms with Gasteiger partial charge in [-0.05, 0) is 5.56 Å². The lowest BCUT2D eigenvalue weighted by molar-refractivity contribution is -0.142. The fraction of sp³-hybridized carbons (Fsp3) is 0.167. The quantitative estimate of drug-likeness (QED) is 0.946. The molecule has 0 unspecified atom stereocenters. The largest absolute Gasteiger partial charge is 0.478 e. The van der Waals surface area contributed by atoms with Gasteiger partial charge >= 0.3 is 12.1 Å². The number of aromatic carboxylic acids is 1. The van der Waals surface area contributed by atoms with Crippen LogP contribution in [0.2, 0.25) is 5.15 Å². The van der Waals surface area contributed by atoms with Crippen LogP contribution in [0, 0.1) is 0 Å². The SMILES string of the molecule is O=C(O)c1c(C(F)(F)F)nn(Cc2ccccc2)c1Cl. The number of carboxylic acid groups (broad SMARTS) is 1. The molecule has 2 aromatic rings. The highest BCUT2D eigenvalue weighted by atomic mass is 35.5. The average Bonchev–Trinajstić information content (AvgIpc) is 2.68. The lowest BCUT2D eigenvalue weighted by atomic mass is 10.2. The molecule has 0 atom stereocenters. The summed E-state index contributed by atoms with van der Waals surface area (Å²) in [6.07, 6.45) is -4.88. The number of hydrogen-bond acceptors (Lipinski definition) is 2. The van der Waals surface area contributed by atoms with Crippen molar-refractivity contribution in [3.05, 3.63) is 52.3 Å². The Morgan fingerprint density at radius 1 is 1.30 bits per heavy atom. The number of carboxylic acids is 1. The molecule has 20 heavy (non-hydrogen) atoms. The van der Waals surface area contributed by atoms with Crippen molar-refractivity contribution in [1.82, 2.24) is 9.78 Å². The molecule has 0 aliphatic carbocycles. The highest BCUT2D eigenvalue weighted by molar-refractivity contribution is 6.32. The van der Waals surface area contributed by atoms with Crippen LogP contribution in [0.5, 0.6) is 0 Å². The zero-order chi connectivity index (χ0) is 14.9. The molecule has 8 heteroatoms. The normalized spacial score (nSPS) is 11.6. The van der Waals surface area contributed by atoms with Gasteiger partial charge in [-0.1, -0.05) is 41.9 Å². The molecule has 0 radical (unpaired) electrons. The first kappa shape index (κ1) is 14.4. The molecule has 0 amide bonds. The lowest BCUT2D eigenvalue weighted by Crippen LogP contribution is -2.12. The molecule has 1 N–H and O–H groups in total. The molecule has 1 heterocycles. The first-order valence-corrected chi connectivity index (χ1v) is 5.79. The van der Waals surface area contributed by atoms with Gasteiger partial charge in [-0.15, -0.1) is 0 Å². The standard InChI is InChI=1S/C12H8ClF3N2O2/c13-10-8(11(19)20)9(12(14,15)16)17-18(10)6-7-4-2-1-3-5-7/h1-5H,6H2,(H,19,20). The third-order valence-corrected chi connectivity index (χ3v) is 2.93. The third kappa shape index (κ3) is 2.77. The number of rotatable bonds is 3. The average molecular weight is 305 g/mol. The van der Waals surface area contributed by atoms with Crippen molar-refractivity contribution >= 4 is 17.6 Å². The number of nitrogens with zero attached hydrogens (tertiary/aromatic N) is 2. The summed E-state index contributed by atoms with van der Waals surface area (Å²) in [7, 11) is 0. The maximum atomic E-state index is 12.7. The molecule has 0 spiro atoms. The number of benzene rings is 1. The second kappa shape index (κ2) is 5.16. The molecular weight excluding hydrogens is 297 g/mol. The Morgan fingerprint density at radius 3 is 2.35 bits per heavy atom. The molecule has 1 aromatic carbocycles. The van der Waals surface area contributed by atoms with Gasteiger partial charge in [0, 0.05) is 0 Å². The smallest absolute Gasteiger partial charge is 0.436 e. The summed E-state index contributed by atoms with van der Waals surface area (Å²) in [6.45, 7) is -0.0456. The first-order valence-electron chi connectivity index (χ1n) is 5.41. The summed E-state index contributed by atoms with van der Waals surface area (Å²) in [5, 5.41) is 11.6. The Hall–Kier alpha value is -2.02. The summed E-state index contributed by atoms with van der Waals surface area (Å²) in [5.41, 5.74) is -1.87. The van der Waals surface area contributed by atoms with Crippen molar-refractivity contribution in [2.45, 2.75) is 12.7 Å². The molecule has 0 saturated carbocycles. The molecule has 4 nitrogen and oxygen atoms in total. The van der Waals surface area contributed by atoms with Crippen LogP contribution in [0.25, 0.3) is 0 Å².